The Morgan fingerprint density at radius 2 is 0.909 bits per heavy atom. The van der Waals surface area contributed by atoms with Gasteiger partial charge in [0.1, 0.15) is 0 Å². The fourth-order valence-electron chi connectivity index (χ4n) is 0.408. The van der Waals surface area contributed by atoms with E-state index in [4.69, 9.17) is 4.12 Å². The zero-order valence-electron chi connectivity index (χ0n) is 8.56. The Hall–Kier alpha value is 2.60. The zero-order chi connectivity index (χ0) is 5.86. The Bertz CT molecular complexity index is 47.8. The molecule has 0 aromatic carbocycles. The normalized spacial score (nSPS) is 7.09. The molecule has 4 radical (unpaired) electrons. The average Bonchev–Trinajstić information content (AvgIpc) is 1.27. The number of hydrogen-bond acceptors (Lipinski definition) is 1. The second-order valence-corrected chi connectivity index (χ2v) is 6.37. The molecule has 0 heterocycles. The van der Waals surface area contributed by atoms with Crippen molar-refractivity contribution in [2.24, 2.45) is 0 Å². The van der Waals surface area contributed by atoms with Crippen LogP contribution in [0.1, 0.15) is 0 Å². The Morgan fingerprint density at radius 1 is 0.727 bits per heavy atom. The van der Waals surface area contributed by atoms with Crippen LogP contribution in [0.3, 0.4) is 0 Å². The van der Waals surface area contributed by atoms with Crippen LogP contribution >= 0.6 is 0 Å². The number of hydrogen-bond donors (Lipinski definition) is 0. The minimum atomic E-state index is -0.389. The molecule has 0 aromatic heterocycles. The van der Waals surface area contributed by atoms with Crippen molar-refractivity contribution in [3.63, 3.8) is 0 Å². The Labute approximate surface area is 127 Å². The van der Waals surface area contributed by atoms with Gasteiger partial charge in [0.25, 0.3) is 0 Å². The van der Waals surface area contributed by atoms with E-state index >= 15 is 0 Å². The summed E-state index contributed by atoms with van der Waals surface area (Å²) in [5, 5.41) is 0. The van der Waals surface area contributed by atoms with Gasteiger partial charge in [0, 0.05) is 65.4 Å². The molecule has 0 saturated heterocycles. The van der Waals surface area contributed by atoms with E-state index in [1.54, 1.807) is 0 Å². The maximum atomic E-state index is 5.45. The van der Waals surface area contributed by atoms with Crippen LogP contribution in [0.25, 0.3) is 0 Å². The molecule has 0 aliphatic carbocycles. The van der Waals surface area contributed by atoms with Crippen LogP contribution in [0, 0.1) is 14.9 Å². The van der Waals surface area contributed by atoms with Gasteiger partial charge in [-0.15, -0.1) is 0 Å². The summed E-state index contributed by atoms with van der Waals surface area (Å²) in [6.45, 7) is 8.68. The first kappa shape index (κ1) is 29.2. The van der Waals surface area contributed by atoms with Gasteiger partial charge in [-0.3, -0.25) is 0 Å². The minimum Gasteiger partial charge on any atom is -0.456 e. The Balaban J connectivity index is -0.0000000300. The summed E-state index contributed by atoms with van der Waals surface area (Å²) in [5.41, 5.74) is 0. The van der Waals surface area contributed by atoms with E-state index in [1.807, 2.05) is 0 Å². The van der Waals surface area contributed by atoms with Crippen LogP contribution in [0.5, 0.6) is 0 Å². The van der Waals surface area contributed by atoms with Crippen molar-refractivity contribution in [3.8, 4) is 0 Å². The minimum absolute atomic E-state index is 0. The van der Waals surface area contributed by atoms with E-state index in [0.717, 1.165) is 0 Å². The molecule has 0 unspecified atom stereocenters. The van der Waals surface area contributed by atoms with Crippen molar-refractivity contribution in [1.29, 1.82) is 0 Å². The Morgan fingerprint density at radius 3 is 0.909 bits per heavy atom. The van der Waals surface area contributed by atoms with Crippen molar-refractivity contribution >= 4 is 18.1 Å². The van der Waals surface area contributed by atoms with Gasteiger partial charge in [-0.2, -0.15) is 0 Å². The summed E-state index contributed by atoms with van der Waals surface area (Å²) in [6.07, 6.45) is 0. The van der Waals surface area contributed by atoms with Crippen LogP contribution in [0.15, 0.2) is 0 Å². The van der Waals surface area contributed by atoms with Crippen LogP contribution < -0.4 is 0 Å². The van der Waals surface area contributed by atoms with Gasteiger partial charge in [-0.25, -0.2) is 0 Å². The molecule has 0 aliphatic rings. The zero-order valence-corrected chi connectivity index (χ0v) is 16.2. The van der Waals surface area contributed by atoms with Crippen LogP contribution in [0.4, 0.5) is 0 Å². The molecule has 0 aliphatic heterocycles. The van der Waals surface area contributed by atoms with E-state index in [1.165, 1.54) is 0 Å². The summed E-state index contributed by atoms with van der Waals surface area (Å²) in [5.74, 6) is 0. The third kappa shape index (κ3) is 32.5. The smallest absolute Gasteiger partial charge is 0.191 e. The SMILES string of the molecule is C[Si](C)O[Si](C)C.[CH3-].[CH3-].[Y].[Y]. The molecule has 0 bridgehead atoms. The largest absolute Gasteiger partial charge is 0.456 e. The number of rotatable bonds is 2. The van der Waals surface area contributed by atoms with Gasteiger partial charge >= 0.3 is 0 Å². The molecule has 11 heavy (non-hydrogen) atoms. The van der Waals surface area contributed by atoms with Gasteiger partial charge in [-0.1, -0.05) is 0 Å². The van der Waals surface area contributed by atoms with Crippen molar-refractivity contribution in [2.45, 2.75) is 26.2 Å². The van der Waals surface area contributed by atoms with Gasteiger partial charge in [0.15, 0.2) is 18.1 Å². The average molecular weight is 340 g/mol. The molecule has 0 rings (SSSR count). The molecule has 0 amide bonds. The van der Waals surface area contributed by atoms with Gasteiger partial charge < -0.3 is 19.0 Å². The van der Waals surface area contributed by atoms with Crippen LogP contribution in [-0.2, 0) is 69.5 Å². The molecule has 5 heteroatoms. The van der Waals surface area contributed by atoms with E-state index in [-0.39, 0.29) is 98.4 Å². The standard InChI is InChI=1S/C4H12OSi2.2CH3.2Y/c1-6(2)5-7(3)4;;;;/h1-4H3;2*1H3;;/q;2*-1;;. The maximum absolute atomic E-state index is 5.45. The molecule has 0 fully saturated rings. The topological polar surface area (TPSA) is 9.23 Å². The molecule has 0 N–H and O–H groups in total. The van der Waals surface area contributed by atoms with Crippen LogP contribution in [-0.4, -0.2) is 18.1 Å². The molecule has 0 saturated carbocycles. The molecule has 64 valence electrons. The summed E-state index contributed by atoms with van der Waals surface area (Å²) in [6, 6.07) is 0. The van der Waals surface area contributed by atoms with Crippen molar-refractivity contribution in [3.05, 3.63) is 14.9 Å². The van der Waals surface area contributed by atoms with Crippen LogP contribution in [0.2, 0.25) is 26.2 Å². The van der Waals surface area contributed by atoms with Gasteiger partial charge in [0.05, 0.1) is 0 Å². The summed E-state index contributed by atoms with van der Waals surface area (Å²) < 4.78 is 5.45. The second kappa shape index (κ2) is 18.4. The third-order valence-electron chi connectivity index (χ3n) is 0.408. The summed E-state index contributed by atoms with van der Waals surface area (Å²) in [7, 11) is -0.778. The molecule has 1 nitrogen and oxygen atoms in total. The Kier molecular flexibility index (Phi) is 48.8. The molecular weight excluding hydrogens is 322 g/mol. The first-order chi connectivity index (χ1) is 3.13. The second-order valence-electron chi connectivity index (χ2n) is 1.92. The van der Waals surface area contributed by atoms with E-state index in [9.17, 15) is 0 Å². The molecular formula is C6H18OSi2Y2-2. The first-order valence-electron chi connectivity index (χ1n) is 2.41. The maximum Gasteiger partial charge on any atom is 0.191 e. The van der Waals surface area contributed by atoms with E-state index in [2.05, 4.69) is 26.2 Å². The molecule has 0 spiro atoms. The van der Waals surface area contributed by atoms with Gasteiger partial charge in [0.2, 0.25) is 0 Å². The third-order valence-corrected chi connectivity index (χ3v) is 3.67. The van der Waals surface area contributed by atoms with E-state index < -0.39 is 0 Å². The van der Waals surface area contributed by atoms with Gasteiger partial charge in [-0.05, 0) is 26.2 Å². The quantitative estimate of drug-likeness (QED) is 0.554. The molecule has 0 atom stereocenters. The first-order valence-corrected chi connectivity index (χ1v) is 7.22. The predicted molar refractivity (Wildman–Crippen MR) is 48.9 cm³/mol. The van der Waals surface area contributed by atoms with Crippen molar-refractivity contribution < 1.29 is 69.5 Å². The van der Waals surface area contributed by atoms with E-state index in [0.29, 0.717) is 0 Å². The fraction of sp³-hybridized carbons (Fsp3) is 0.667. The monoisotopic (exact) mass is 340 g/mol. The summed E-state index contributed by atoms with van der Waals surface area (Å²) in [4.78, 5) is 0. The van der Waals surface area contributed by atoms with Crippen molar-refractivity contribution in [1.82, 2.24) is 0 Å². The fourth-order valence-corrected chi connectivity index (χ4v) is 3.67. The predicted octanol–water partition coefficient (Wildman–Crippen LogP) is 2.40. The molecule has 0 aromatic rings. The van der Waals surface area contributed by atoms with Crippen molar-refractivity contribution in [2.75, 3.05) is 0 Å². The summed E-state index contributed by atoms with van der Waals surface area (Å²) >= 11 is 0.